The van der Waals surface area contributed by atoms with Crippen molar-refractivity contribution >= 4 is 11.6 Å². The zero-order valence-electron chi connectivity index (χ0n) is 9.28. The van der Waals surface area contributed by atoms with Gasteiger partial charge >= 0.3 is 0 Å². The molecule has 1 aromatic carbocycles. The maximum atomic E-state index is 11.7. The molecule has 84 valence electrons. The lowest BCUT2D eigenvalue weighted by atomic mass is 9.99. The molecule has 0 aliphatic carbocycles. The van der Waals surface area contributed by atoms with Gasteiger partial charge in [-0.15, -0.1) is 0 Å². The minimum absolute atomic E-state index is 0.325. The molecule has 3 heteroatoms. The molecule has 2 aliphatic rings. The van der Waals surface area contributed by atoms with Crippen LogP contribution in [0, 0.1) is 0 Å². The topological polar surface area (TPSA) is 32.3 Å². The summed E-state index contributed by atoms with van der Waals surface area (Å²) in [5.41, 5.74) is 2.56. The summed E-state index contributed by atoms with van der Waals surface area (Å²) in [6.07, 6.45) is 2.75. The average molecular weight is 216 g/mol. The zero-order chi connectivity index (χ0) is 11.0. The van der Waals surface area contributed by atoms with Gasteiger partial charge in [0.05, 0.1) is 6.04 Å². The number of fused-ring (bicyclic) bond motifs is 1. The number of para-hydroxylation sites is 1. The maximum absolute atomic E-state index is 11.7. The zero-order valence-corrected chi connectivity index (χ0v) is 9.28. The van der Waals surface area contributed by atoms with Crippen LogP contribution in [-0.4, -0.2) is 29.9 Å². The molecule has 0 bridgehead atoms. The predicted octanol–water partition coefficient (Wildman–Crippen LogP) is 1.65. The predicted molar refractivity (Wildman–Crippen MR) is 63.4 cm³/mol. The van der Waals surface area contributed by atoms with E-state index in [-0.39, 0.29) is 0 Å². The number of nitrogens with one attached hydrogen (secondary N) is 1. The second-order valence-electron chi connectivity index (χ2n) is 4.59. The van der Waals surface area contributed by atoms with E-state index in [1.165, 1.54) is 11.3 Å². The van der Waals surface area contributed by atoms with Crippen molar-refractivity contribution in [2.75, 3.05) is 18.4 Å². The Hall–Kier alpha value is -1.51. The Balaban J connectivity index is 1.80. The SMILES string of the molecule is O=C1CCCN1C1CNc2ccccc2C1. The molecule has 3 nitrogen and oxygen atoms in total. The van der Waals surface area contributed by atoms with Gasteiger partial charge in [-0.05, 0) is 24.5 Å². The summed E-state index contributed by atoms with van der Waals surface area (Å²) in [6.45, 7) is 1.83. The quantitative estimate of drug-likeness (QED) is 0.774. The number of hydrogen-bond donors (Lipinski definition) is 1. The van der Waals surface area contributed by atoms with E-state index in [2.05, 4.69) is 23.5 Å². The van der Waals surface area contributed by atoms with Crippen LogP contribution in [0.4, 0.5) is 5.69 Å². The standard InChI is InChI=1S/C13H16N2O/c16-13-6-3-7-15(13)11-8-10-4-1-2-5-12(10)14-9-11/h1-2,4-5,11,14H,3,6-9H2. The van der Waals surface area contributed by atoms with Crippen molar-refractivity contribution in [1.29, 1.82) is 0 Å². The first-order valence-corrected chi connectivity index (χ1v) is 5.96. The Morgan fingerprint density at radius 3 is 3.00 bits per heavy atom. The van der Waals surface area contributed by atoms with E-state index < -0.39 is 0 Å². The normalized spacial score (nSPS) is 24.1. The number of carbonyl (C=O) groups is 1. The van der Waals surface area contributed by atoms with Gasteiger partial charge in [-0.1, -0.05) is 18.2 Å². The number of carbonyl (C=O) groups excluding carboxylic acids is 1. The monoisotopic (exact) mass is 216 g/mol. The Bertz CT molecular complexity index is 416. The van der Waals surface area contributed by atoms with E-state index in [0.717, 1.165) is 32.4 Å². The second-order valence-corrected chi connectivity index (χ2v) is 4.59. The number of benzene rings is 1. The van der Waals surface area contributed by atoms with Crippen LogP contribution in [0.2, 0.25) is 0 Å². The number of amides is 1. The van der Waals surface area contributed by atoms with Crippen LogP contribution in [0.3, 0.4) is 0 Å². The van der Waals surface area contributed by atoms with E-state index in [9.17, 15) is 4.79 Å². The fraction of sp³-hybridized carbons (Fsp3) is 0.462. The van der Waals surface area contributed by atoms with Crippen LogP contribution in [0.1, 0.15) is 18.4 Å². The van der Waals surface area contributed by atoms with Gasteiger partial charge in [0.25, 0.3) is 0 Å². The molecule has 1 unspecified atom stereocenters. The summed E-state index contributed by atoms with van der Waals surface area (Å²) >= 11 is 0. The second kappa shape index (κ2) is 3.81. The molecule has 1 amide bonds. The van der Waals surface area contributed by atoms with Crippen molar-refractivity contribution < 1.29 is 4.79 Å². The number of anilines is 1. The Morgan fingerprint density at radius 1 is 1.31 bits per heavy atom. The van der Waals surface area contributed by atoms with Crippen molar-refractivity contribution in [1.82, 2.24) is 4.90 Å². The summed E-state index contributed by atoms with van der Waals surface area (Å²) in [5.74, 6) is 0.325. The molecule has 3 rings (SSSR count). The molecule has 2 heterocycles. The molecule has 1 aromatic rings. The smallest absolute Gasteiger partial charge is 0.222 e. The summed E-state index contributed by atoms with van der Waals surface area (Å²) in [7, 11) is 0. The first-order valence-electron chi connectivity index (χ1n) is 5.96. The largest absolute Gasteiger partial charge is 0.383 e. The molecule has 1 atom stereocenters. The van der Waals surface area contributed by atoms with E-state index in [1.54, 1.807) is 0 Å². The van der Waals surface area contributed by atoms with Gasteiger partial charge in [-0.25, -0.2) is 0 Å². The summed E-state index contributed by atoms with van der Waals surface area (Å²) in [5, 5.41) is 3.42. The third kappa shape index (κ3) is 1.56. The fourth-order valence-corrected chi connectivity index (χ4v) is 2.70. The molecular formula is C13H16N2O. The molecule has 16 heavy (non-hydrogen) atoms. The molecular weight excluding hydrogens is 200 g/mol. The minimum Gasteiger partial charge on any atom is -0.383 e. The van der Waals surface area contributed by atoms with Gasteiger partial charge in [-0.2, -0.15) is 0 Å². The molecule has 0 spiro atoms. The lowest BCUT2D eigenvalue weighted by molar-refractivity contribution is -0.129. The minimum atomic E-state index is 0.325. The summed E-state index contributed by atoms with van der Waals surface area (Å²) in [4.78, 5) is 13.7. The molecule has 0 aromatic heterocycles. The lowest BCUT2D eigenvalue weighted by Crippen LogP contribution is -2.44. The lowest BCUT2D eigenvalue weighted by Gasteiger charge is -2.33. The van der Waals surface area contributed by atoms with Crippen LogP contribution in [0.5, 0.6) is 0 Å². The molecule has 0 radical (unpaired) electrons. The highest BCUT2D eigenvalue weighted by Crippen LogP contribution is 2.25. The van der Waals surface area contributed by atoms with Crippen LogP contribution in [0.15, 0.2) is 24.3 Å². The third-order valence-corrected chi connectivity index (χ3v) is 3.55. The van der Waals surface area contributed by atoms with Crippen LogP contribution in [0.25, 0.3) is 0 Å². The van der Waals surface area contributed by atoms with Gasteiger partial charge in [0.1, 0.15) is 0 Å². The van der Waals surface area contributed by atoms with Crippen LogP contribution in [-0.2, 0) is 11.2 Å². The molecule has 2 aliphatic heterocycles. The maximum Gasteiger partial charge on any atom is 0.222 e. The van der Waals surface area contributed by atoms with E-state index in [0.29, 0.717) is 11.9 Å². The van der Waals surface area contributed by atoms with Gasteiger partial charge in [0.15, 0.2) is 0 Å². The highest BCUT2D eigenvalue weighted by Gasteiger charge is 2.30. The highest BCUT2D eigenvalue weighted by atomic mass is 16.2. The summed E-state index contributed by atoms with van der Waals surface area (Å²) < 4.78 is 0. The molecule has 1 N–H and O–H groups in total. The van der Waals surface area contributed by atoms with Crippen molar-refractivity contribution in [2.24, 2.45) is 0 Å². The Kier molecular flexibility index (Phi) is 2.31. The van der Waals surface area contributed by atoms with Crippen molar-refractivity contribution in [3.63, 3.8) is 0 Å². The van der Waals surface area contributed by atoms with E-state index in [1.807, 2.05) is 11.0 Å². The van der Waals surface area contributed by atoms with Crippen molar-refractivity contribution in [3.05, 3.63) is 29.8 Å². The van der Waals surface area contributed by atoms with Gasteiger partial charge in [0, 0.05) is 25.2 Å². The van der Waals surface area contributed by atoms with Gasteiger partial charge < -0.3 is 10.2 Å². The van der Waals surface area contributed by atoms with Gasteiger partial charge in [-0.3, -0.25) is 4.79 Å². The highest BCUT2D eigenvalue weighted by molar-refractivity contribution is 5.78. The van der Waals surface area contributed by atoms with E-state index >= 15 is 0 Å². The Morgan fingerprint density at radius 2 is 2.19 bits per heavy atom. The average Bonchev–Trinajstić information content (AvgIpc) is 2.75. The fourth-order valence-electron chi connectivity index (χ4n) is 2.70. The van der Waals surface area contributed by atoms with Crippen LogP contribution >= 0.6 is 0 Å². The number of likely N-dealkylation sites (tertiary alicyclic amines) is 1. The van der Waals surface area contributed by atoms with Crippen LogP contribution < -0.4 is 5.32 Å². The molecule has 1 saturated heterocycles. The van der Waals surface area contributed by atoms with Crippen molar-refractivity contribution in [2.45, 2.75) is 25.3 Å². The number of rotatable bonds is 1. The molecule has 0 saturated carbocycles. The first kappa shape index (κ1) is 9.70. The first-order chi connectivity index (χ1) is 7.84. The third-order valence-electron chi connectivity index (χ3n) is 3.55. The van der Waals surface area contributed by atoms with Crippen molar-refractivity contribution in [3.8, 4) is 0 Å². The summed E-state index contributed by atoms with van der Waals surface area (Å²) in [6, 6.07) is 8.72. The number of hydrogen-bond acceptors (Lipinski definition) is 2. The molecule has 1 fully saturated rings. The van der Waals surface area contributed by atoms with Gasteiger partial charge in [0.2, 0.25) is 5.91 Å². The number of nitrogens with zero attached hydrogens (tertiary/aromatic N) is 1. The van der Waals surface area contributed by atoms with E-state index in [4.69, 9.17) is 0 Å². The Labute approximate surface area is 95.4 Å².